The van der Waals surface area contributed by atoms with Gasteiger partial charge in [-0.25, -0.2) is 9.59 Å². The number of esters is 1. The molecule has 0 aliphatic heterocycles. The van der Waals surface area contributed by atoms with Crippen LogP contribution in [0.3, 0.4) is 0 Å². The third-order valence-corrected chi connectivity index (χ3v) is 5.22. The van der Waals surface area contributed by atoms with E-state index in [9.17, 15) is 25.0 Å². The number of hydrogen-bond acceptors (Lipinski definition) is 7. The molecule has 10 heteroatoms. The van der Waals surface area contributed by atoms with E-state index >= 15 is 0 Å². The summed E-state index contributed by atoms with van der Waals surface area (Å²) in [7, 11) is 0. The summed E-state index contributed by atoms with van der Waals surface area (Å²) in [5, 5.41) is 21.3. The van der Waals surface area contributed by atoms with E-state index in [1.807, 2.05) is 13.1 Å². The van der Waals surface area contributed by atoms with Gasteiger partial charge in [-0.1, -0.05) is 18.2 Å². The maximum Gasteiger partial charge on any atom is 0.415 e. The first-order chi connectivity index (χ1) is 17.4. The van der Waals surface area contributed by atoms with Crippen molar-refractivity contribution in [3.8, 4) is 11.8 Å². The lowest BCUT2D eigenvalue weighted by Crippen LogP contribution is -2.37. The largest absolute Gasteiger partial charge is 0.462 e. The van der Waals surface area contributed by atoms with Crippen molar-refractivity contribution in [3.05, 3.63) is 87.2 Å². The van der Waals surface area contributed by atoms with Gasteiger partial charge in [0.2, 0.25) is 0 Å². The van der Waals surface area contributed by atoms with Gasteiger partial charge in [-0.3, -0.25) is 15.0 Å². The molecule has 0 saturated carbocycles. The summed E-state index contributed by atoms with van der Waals surface area (Å²) in [5.41, 5.74) is 1.08. The molecule has 0 aliphatic carbocycles. The quantitative estimate of drug-likeness (QED) is 0.230. The van der Waals surface area contributed by atoms with Crippen molar-refractivity contribution >= 4 is 23.4 Å². The zero-order valence-electron chi connectivity index (χ0n) is 21.3. The smallest absolute Gasteiger partial charge is 0.415 e. The van der Waals surface area contributed by atoms with Crippen LogP contribution in [-0.2, 0) is 16.0 Å². The molecule has 3 rings (SSSR count). The van der Waals surface area contributed by atoms with Gasteiger partial charge in [-0.05, 0) is 70.0 Å². The van der Waals surface area contributed by atoms with Crippen molar-refractivity contribution in [2.24, 2.45) is 0 Å². The normalized spacial score (nSPS) is 10.9. The Labute approximate surface area is 214 Å². The predicted octanol–water partition coefficient (Wildman–Crippen LogP) is 5.68. The molecule has 37 heavy (non-hydrogen) atoms. The Hall–Kier alpha value is -4.65. The molecule has 1 heterocycles. The number of nitro benzene ring substituents is 1. The first-order valence-corrected chi connectivity index (χ1v) is 11.6. The highest BCUT2D eigenvalue weighted by molar-refractivity contribution is 6.03. The Morgan fingerprint density at radius 1 is 1.16 bits per heavy atom. The number of carbonyl (C=O) groups is 2. The van der Waals surface area contributed by atoms with E-state index in [0.29, 0.717) is 11.3 Å². The molecule has 0 aliphatic rings. The fraction of sp³-hybridized carbons (Fsp3) is 0.296. The first kappa shape index (κ1) is 26.9. The molecule has 1 amide bonds. The molecule has 10 nitrogen and oxygen atoms in total. The fourth-order valence-corrected chi connectivity index (χ4v) is 3.73. The van der Waals surface area contributed by atoms with E-state index in [1.165, 1.54) is 18.2 Å². The Morgan fingerprint density at radius 3 is 2.41 bits per heavy atom. The third-order valence-electron chi connectivity index (χ3n) is 5.22. The van der Waals surface area contributed by atoms with Gasteiger partial charge >= 0.3 is 12.1 Å². The number of ether oxygens (including phenoxy) is 2. The van der Waals surface area contributed by atoms with Crippen molar-refractivity contribution < 1.29 is 24.0 Å². The average molecular weight is 505 g/mol. The second-order valence-electron chi connectivity index (χ2n) is 9.27. The third kappa shape index (κ3) is 6.32. The molecule has 0 fully saturated rings. The highest BCUT2D eigenvalue weighted by Crippen LogP contribution is 2.35. The van der Waals surface area contributed by atoms with Crippen LogP contribution in [0.5, 0.6) is 0 Å². The number of nitriles is 1. The summed E-state index contributed by atoms with van der Waals surface area (Å²) >= 11 is 0. The predicted molar refractivity (Wildman–Crippen MR) is 137 cm³/mol. The monoisotopic (exact) mass is 504 g/mol. The van der Waals surface area contributed by atoms with E-state index in [-0.39, 0.29) is 24.4 Å². The number of anilines is 1. The number of carbonyl (C=O) groups excluding carboxylic acids is 2. The number of para-hydroxylation sites is 1. The van der Waals surface area contributed by atoms with Crippen LogP contribution in [0.4, 0.5) is 16.2 Å². The summed E-state index contributed by atoms with van der Waals surface area (Å²) in [4.78, 5) is 38.4. The molecule has 0 radical (unpaired) electrons. The van der Waals surface area contributed by atoms with Crippen LogP contribution in [0, 0.1) is 28.4 Å². The van der Waals surface area contributed by atoms with E-state index in [1.54, 1.807) is 62.6 Å². The van der Waals surface area contributed by atoms with Crippen molar-refractivity contribution in [3.63, 3.8) is 0 Å². The molecule has 0 atom stereocenters. The maximum atomic E-state index is 13.3. The molecule has 0 saturated heterocycles. The molecule has 0 N–H and O–H groups in total. The number of benzene rings is 2. The van der Waals surface area contributed by atoms with Crippen molar-refractivity contribution in [1.29, 1.82) is 5.26 Å². The molecule has 192 valence electrons. The van der Waals surface area contributed by atoms with Crippen molar-refractivity contribution in [2.45, 2.75) is 46.8 Å². The summed E-state index contributed by atoms with van der Waals surface area (Å²) in [6.45, 7) is 8.46. The zero-order chi connectivity index (χ0) is 27.3. The summed E-state index contributed by atoms with van der Waals surface area (Å²) in [5.74, 6) is -0.794. The highest BCUT2D eigenvalue weighted by Gasteiger charge is 2.33. The van der Waals surface area contributed by atoms with E-state index < -0.39 is 28.3 Å². The van der Waals surface area contributed by atoms with Crippen LogP contribution in [-0.4, -0.2) is 33.8 Å². The Bertz CT molecular complexity index is 1360. The van der Waals surface area contributed by atoms with Gasteiger partial charge in [-0.2, -0.15) is 5.26 Å². The highest BCUT2D eigenvalue weighted by atomic mass is 16.6. The number of amides is 1. The van der Waals surface area contributed by atoms with Crippen molar-refractivity contribution in [1.82, 2.24) is 4.57 Å². The number of nitrogens with zero attached hydrogens (tertiary/aromatic N) is 4. The average Bonchev–Trinajstić information content (AvgIpc) is 3.22. The van der Waals surface area contributed by atoms with Gasteiger partial charge in [0.25, 0.3) is 5.69 Å². The number of hydrogen-bond donors (Lipinski definition) is 0. The van der Waals surface area contributed by atoms with Crippen LogP contribution in [0.1, 0.15) is 54.9 Å². The number of nitro groups is 1. The first-order valence-electron chi connectivity index (χ1n) is 11.6. The fourth-order valence-electron chi connectivity index (χ4n) is 3.73. The van der Waals surface area contributed by atoms with Gasteiger partial charge in [0.15, 0.2) is 0 Å². The second kappa shape index (κ2) is 11.0. The van der Waals surface area contributed by atoms with Gasteiger partial charge < -0.3 is 14.0 Å². The number of rotatable bonds is 7. The van der Waals surface area contributed by atoms with Crippen molar-refractivity contribution in [2.75, 3.05) is 11.5 Å². The molecule has 1 aromatic heterocycles. The van der Waals surface area contributed by atoms with Crippen LogP contribution < -0.4 is 4.90 Å². The summed E-state index contributed by atoms with van der Waals surface area (Å²) in [6.07, 6.45) is 0.976. The van der Waals surface area contributed by atoms with E-state index in [4.69, 9.17) is 9.47 Å². The van der Waals surface area contributed by atoms with E-state index in [2.05, 4.69) is 6.07 Å². The molecule has 0 bridgehead atoms. The van der Waals surface area contributed by atoms with Crippen LogP contribution in [0.15, 0.2) is 54.7 Å². The van der Waals surface area contributed by atoms with Crippen LogP contribution in [0.2, 0.25) is 0 Å². The van der Waals surface area contributed by atoms with Crippen LogP contribution >= 0.6 is 0 Å². The maximum absolute atomic E-state index is 13.3. The number of aryl methyl sites for hydroxylation is 1. The lowest BCUT2D eigenvalue weighted by Gasteiger charge is -2.28. The minimum absolute atomic E-state index is 0.0540. The topological polar surface area (TPSA) is 128 Å². The van der Waals surface area contributed by atoms with Gasteiger partial charge in [0, 0.05) is 18.0 Å². The summed E-state index contributed by atoms with van der Waals surface area (Å²) < 4.78 is 12.4. The standard InChI is InChI=1S/C27H28N4O6/c1-6-36-25(32)22-8-7-9-23(31(34)35)24(22)30(26(33)37-27(3,4)5)17-19-10-12-20(13-11-19)29-16-18(2)14-21(29)15-28/h7-14,16H,6,17H2,1-5H3. The second-order valence-corrected chi connectivity index (χ2v) is 9.27. The van der Waals surface area contributed by atoms with E-state index in [0.717, 1.165) is 16.2 Å². The zero-order valence-corrected chi connectivity index (χ0v) is 21.3. The SMILES string of the molecule is CCOC(=O)c1cccc([N+](=O)[O-])c1N(Cc1ccc(-n2cc(C)cc2C#N)cc1)C(=O)OC(C)(C)C. The lowest BCUT2D eigenvalue weighted by molar-refractivity contribution is -0.384. The lowest BCUT2D eigenvalue weighted by atomic mass is 10.1. The minimum atomic E-state index is -0.896. The molecule has 0 spiro atoms. The van der Waals surface area contributed by atoms with Gasteiger partial charge in [-0.15, -0.1) is 0 Å². The molecular weight excluding hydrogens is 476 g/mol. The molecule has 2 aromatic carbocycles. The Kier molecular flexibility index (Phi) is 7.98. The summed E-state index contributed by atoms with van der Waals surface area (Å²) in [6, 6.07) is 14.9. The van der Waals surface area contributed by atoms with Gasteiger partial charge in [0.1, 0.15) is 23.1 Å². The van der Waals surface area contributed by atoms with Crippen LogP contribution in [0.25, 0.3) is 5.69 Å². The molecule has 0 unspecified atom stereocenters. The Morgan fingerprint density at radius 2 is 1.84 bits per heavy atom. The molecule has 3 aromatic rings. The Balaban J connectivity index is 2.10. The molecular formula is C27H28N4O6. The van der Waals surface area contributed by atoms with Gasteiger partial charge in [0.05, 0.1) is 23.6 Å². The number of aromatic nitrogens is 1. The minimum Gasteiger partial charge on any atom is -0.462 e.